The molecule has 3 rings (SSSR count). The number of carbonyl (C=O) groups excluding carboxylic acids is 2. The largest absolute Gasteiger partial charge is 0.341 e. The van der Waals surface area contributed by atoms with Gasteiger partial charge in [-0.1, -0.05) is 24.3 Å². The van der Waals surface area contributed by atoms with Crippen molar-refractivity contribution >= 4 is 23.3 Å². The molecule has 0 aliphatic carbocycles. The van der Waals surface area contributed by atoms with Crippen LogP contribution in [0.15, 0.2) is 60.8 Å². The SMILES string of the molecule is CNC(=O)Nc1cccc(NC(=O)c2cnn(-c3ccccc3)n2)c1. The molecule has 0 saturated carbocycles. The molecule has 3 amide bonds. The van der Waals surface area contributed by atoms with Crippen molar-refractivity contribution in [1.82, 2.24) is 20.3 Å². The summed E-state index contributed by atoms with van der Waals surface area (Å²) in [6.07, 6.45) is 1.40. The molecule has 0 saturated heterocycles. The lowest BCUT2D eigenvalue weighted by Gasteiger charge is -2.07. The topological polar surface area (TPSA) is 101 Å². The van der Waals surface area contributed by atoms with Crippen molar-refractivity contribution < 1.29 is 9.59 Å². The number of benzene rings is 2. The Labute approximate surface area is 143 Å². The van der Waals surface area contributed by atoms with Crippen molar-refractivity contribution in [3.8, 4) is 5.69 Å². The number of carbonyl (C=O) groups is 2. The highest BCUT2D eigenvalue weighted by Gasteiger charge is 2.12. The minimum atomic E-state index is -0.390. The highest BCUT2D eigenvalue weighted by Crippen LogP contribution is 2.16. The summed E-state index contributed by atoms with van der Waals surface area (Å²) in [5.74, 6) is -0.390. The zero-order valence-corrected chi connectivity index (χ0v) is 13.4. The fourth-order valence-corrected chi connectivity index (χ4v) is 2.12. The quantitative estimate of drug-likeness (QED) is 0.680. The van der Waals surface area contributed by atoms with Gasteiger partial charge in [-0.25, -0.2) is 4.79 Å². The minimum Gasteiger partial charge on any atom is -0.341 e. The standard InChI is InChI=1S/C17H16N6O2/c1-18-17(25)21-13-7-5-6-12(10-13)20-16(24)15-11-19-23(22-15)14-8-3-2-4-9-14/h2-11H,1H3,(H,20,24)(H2,18,21,25). The Bertz CT molecular complexity index is 891. The van der Waals surface area contributed by atoms with E-state index in [4.69, 9.17) is 0 Å². The van der Waals surface area contributed by atoms with E-state index in [0.29, 0.717) is 11.4 Å². The monoisotopic (exact) mass is 336 g/mol. The maximum Gasteiger partial charge on any atom is 0.318 e. The predicted octanol–water partition coefficient (Wildman–Crippen LogP) is 2.27. The van der Waals surface area contributed by atoms with Crippen molar-refractivity contribution in [3.63, 3.8) is 0 Å². The Morgan fingerprint density at radius 1 is 0.960 bits per heavy atom. The van der Waals surface area contributed by atoms with E-state index in [9.17, 15) is 9.59 Å². The molecule has 0 bridgehead atoms. The van der Waals surface area contributed by atoms with Gasteiger partial charge in [0.25, 0.3) is 5.91 Å². The van der Waals surface area contributed by atoms with Gasteiger partial charge in [-0.3, -0.25) is 4.79 Å². The molecule has 3 aromatic rings. The molecule has 1 aromatic heterocycles. The number of hydrogen-bond acceptors (Lipinski definition) is 4. The zero-order valence-electron chi connectivity index (χ0n) is 13.4. The van der Waals surface area contributed by atoms with Crippen LogP contribution in [0.3, 0.4) is 0 Å². The van der Waals surface area contributed by atoms with E-state index in [1.165, 1.54) is 18.0 Å². The van der Waals surface area contributed by atoms with Gasteiger partial charge in [-0.2, -0.15) is 9.90 Å². The molecule has 0 atom stereocenters. The highest BCUT2D eigenvalue weighted by molar-refractivity contribution is 6.03. The molecule has 0 fully saturated rings. The lowest BCUT2D eigenvalue weighted by atomic mass is 10.2. The van der Waals surface area contributed by atoms with Crippen LogP contribution in [-0.2, 0) is 0 Å². The van der Waals surface area contributed by atoms with Gasteiger partial charge >= 0.3 is 6.03 Å². The maximum atomic E-state index is 12.3. The average molecular weight is 336 g/mol. The summed E-state index contributed by atoms with van der Waals surface area (Å²) in [6.45, 7) is 0. The molecule has 0 radical (unpaired) electrons. The van der Waals surface area contributed by atoms with Crippen LogP contribution >= 0.6 is 0 Å². The number of nitrogens with zero attached hydrogens (tertiary/aromatic N) is 3. The average Bonchev–Trinajstić information content (AvgIpc) is 3.13. The summed E-state index contributed by atoms with van der Waals surface area (Å²) in [5.41, 5.74) is 2.05. The van der Waals surface area contributed by atoms with Gasteiger partial charge in [-0.15, -0.1) is 5.10 Å². The second-order valence-electron chi connectivity index (χ2n) is 5.09. The van der Waals surface area contributed by atoms with Gasteiger partial charge in [0, 0.05) is 18.4 Å². The first-order valence-electron chi connectivity index (χ1n) is 7.53. The minimum absolute atomic E-state index is 0.188. The molecule has 25 heavy (non-hydrogen) atoms. The lowest BCUT2D eigenvalue weighted by molar-refractivity contribution is 0.102. The Morgan fingerprint density at radius 3 is 2.40 bits per heavy atom. The Kier molecular flexibility index (Phi) is 4.70. The zero-order chi connectivity index (χ0) is 17.6. The van der Waals surface area contributed by atoms with Gasteiger partial charge in [0.2, 0.25) is 0 Å². The predicted molar refractivity (Wildman–Crippen MR) is 93.8 cm³/mol. The summed E-state index contributed by atoms with van der Waals surface area (Å²) in [6, 6.07) is 15.8. The highest BCUT2D eigenvalue weighted by atomic mass is 16.2. The molecule has 0 unspecified atom stereocenters. The fourth-order valence-electron chi connectivity index (χ4n) is 2.12. The van der Waals surface area contributed by atoms with Crippen LogP contribution in [-0.4, -0.2) is 34.0 Å². The van der Waals surface area contributed by atoms with Crippen molar-refractivity contribution in [2.45, 2.75) is 0 Å². The second kappa shape index (κ2) is 7.26. The van der Waals surface area contributed by atoms with Crippen LogP contribution in [0.25, 0.3) is 5.69 Å². The van der Waals surface area contributed by atoms with Gasteiger partial charge < -0.3 is 16.0 Å². The molecule has 3 N–H and O–H groups in total. The van der Waals surface area contributed by atoms with Crippen molar-refractivity contribution in [1.29, 1.82) is 0 Å². The fraction of sp³-hybridized carbons (Fsp3) is 0.0588. The molecular weight excluding hydrogens is 320 g/mol. The molecule has 126 valence electrons. The van der Waals surface area contributed by atoms with Crippen molar-refractivity contribution in [3.05, 3.63) is 66.5 Å². The number of aromatic nitrogens is 3. The Hall–Kier alpha value is -3.68. The molecular formula is C17H16N6O2. The third-order valence-corrected chi connectivity index (χ3v) is 3.32. The maximum absolute atomic E-state index is 12.3. The van der Waals surface area contributed by atoms with Crippen LogP contribution in [0.1, 0.15) is 10.5 Å². The number of urea groups is 1. The third kappa shape index (κ3) is 3.99. The van der Waals surface area contributed by atoms with E-state index in [2.05, 4.69) is 26.1 Å². The first-order chi connectivity index (χ1) is 12.2. The van der Waals surface area contributed by atoms with Crippen LogP contribution in [0.4, 0.5) is 16.2 Å². The van der Waals surface area contributed by atoms with Crippen molar-refractivity contribution in [2.75, 3.05) is 17.7 Å². The lowest BCUT2D eigenvalue weighted by Crippen LogP contribution is -2.24. The Balaban J connectivity index is 1.71. The van der Waals surface area contributed by atoms with E-state index < -0.39 is 0 Å². The van der Waals surface area contributed by atoms with Crippen LogP contribution in [0, 0.1) is 0 Å². The van der Waals surface area contributed by atoms with Gasteiger partial charge in [-0.05, 0) is 30.3 Å². The van der Waals surface area contributed by atoms with E-state index >= 15 is 0 Å². The van der Waals surface area contributed by atoms with Gasteiger partial charge in [0.15, 0.2) is 5.69 Å². The molecule has 0 spiro atoms. The first kappa shape index (κ1) is 16.2. The number of amides is 3. The summed E-state index contributed by atoms with van der Waals surface area (Å²) in [7, 11) is 1.52. The normalized spacial score (nSPS) is 10.1. The smallest absolute Gasteiger partial charge is 0.318 e. The van der Waals surface area contributed by atoms with Gasteiger partial charge in [0.05, 0.1) is 11.9 Å². The number of nitrogens with one attached hydrogen (secondary N) is 3. The van der Waals surface area contributed by atoms with Crippen molar-refractivity contribution in [2.24, 2.45) is 0 Å². The molecule has 0 aliphatic rings. The van der Waals surface area contributed by atoms with Crippen LogP contribution in [0.5, 0.6) is 0 Å². The number of anilines is 2. The Morgan fingerprint density at radius 2 is 1.68 bits per heavy atom. The first-order valence-corrected chi connectivity index (χ1v) is 7.53. The summed E-state index contributed by atoms with van der Waals surface area (Å²) in [4.78, 5) is 25.1. The molecule has 8 heteroatoms. The van der Waals surface area contributed by atoms with Gasteiger partial charge in [0.1, 0.15) is 0 Å². The molecule has 2 aromatic carbocycles. The molecule has 1 heterocycles. The molecule has 8 nitrogen and oxygen atoms in total. The van der Waals surface area contributed by atoms with E-state index in [1.54, 1.807) is 24.3 Å². The third-order valence-electron chi connectivity index (χ3n) is 3.32. The second-order valence-corrected chi connectivity index (χ2v) is 5.09. The number of hydrogen-bond donors (Lipinski definition) is 3. The molecule has 0 aliphatic heterocycles. The van der Waals surface area contributed by atoms with Crippen LogP contribution < -0.4 is 16.0 Å². The summed E-state index contributed by atoms with van der Waals surface area (Å²) < 4.78 is 0. The summed E-state index contributed by atoms with van der Waals surface area (Å²) in [5, 5.41) is 16.1. The van der Waals surface area contributed by atoms with Crippen LogP contribution in [0.2, 0.25) is 0 Å². The number of para-hydroxylation sites is 1. The van der Waals surface area contributed by atoms with E-state index in [0.717, 1.165) is 5.69 Å². The van der Waals surface area contributed by atoms with E-state index in [-0.39, 0.29) is 17.6 Å². The number of rotatable bonds is 4. The van der Waals surface area contributed by atoms with E-state index in [1.807, 2.05) is 30.3 Å². The summed E-state index contributed by atoms with van der Waals surface area (Å²) >= 11 is 0.